The van der Waals surface area contributed by atoms with Crippen molar-refractivity contribution in [3.05, 3.63) is 100 Å². The molecule has 0 aromatic heterocycles. The summed E-state index contributed by atoms with van der Waals surface area (Å²) in [4.78, 5) is 10.9. The molecule has 1 aliphatic rings. The van der Waals surface area contributed by atoms with Crippen molar-refractivity contribution < 1.29 is 4.92 Å². The minimum Gasteiger partial charge on any atom is -0.258 e. The van der Waals surface area contributed by atoms with Crippen LogP contribution in [0.25, 0.3) is 6.08 Å². The molecule has 3 heteroatoms. The second kappa shape index (κ2) is 5.97. The molecule has 0 bridgehead atoms. The summed E-state index contributed by atoms with van der Waals surface area (Å²) in [7, 11) is 0. The molecule has 0 amide bonds. The molecule has 1 unspecified atom stereocenters. The normalized spacial score (nSPS) is 20.0. The van der Waals surface area contributed by atoms with Crippen LogP contribution >= 0.6 is 0 Å². The maximum absolute atomic E-state index is 11.2. The number of hydrogen-bond acceptors (Lipinski definition) is 2. The van der Waals surface area contributed by atoms with Crippen LogP contribution in [0.15, 0.2) is 84.6 Å². The van der Waals surface area contributed by atoms with E-state index in [9.17, 15) is 10.1 Å². The Labute approximate surface area is 118 Å². The molecule has 1 aromatic rings. The van der Waals surface area contributed by atoms with Gasteiger partial charge in [-0.15, -0.1) is 6.58 Å². The van der Waals surface area contributed by atoms with E-state index >= 15 is 0 Å². The lowest BCUT2D eigenvalue weighted by Crippen LogP contribution is -2.14. The third-order valence-corrected chi connectivity index (χ3v) is 3.21. The van der Waals surface area contributed by atoms with E-state index in [2.05, 4.69) is 13.2 Å². The molecule has 0 aliphatic heterocycles. The standard InChI is InChI=1S/C17H15NO2/c1-3-14-10-11-17(18(19)20)16(15(14)4-2)12-13-8-6-5-7-9-13/h3-12,15H,1-2H2. The van der Waals surface area contributed by atoms with Gasteiger partial charge in [-0.3, -0.25) is 10.1 Å². The van der Waals surface area contributed by atoms with Crippen LogP contribution < -0.4 is 0 Å². The van der Waals surface area contributed by atoms with Crippen LogP contribution in [0.2, 0.25) is 0 Å². The van der Waals surface area contributed by atoms with Crippen molar-refractivity contribution in [1.29, 1.82) is 0 Å². The zero-order chi connectivity index (χ0) is 14.5. The van der Waals surface area contributed by atoms with E-state index < -0.39 is 0 Å². The first-order chi connectivity index (χ1) is 9.67. The highest BCUT2D eigenvalue weighted by Gasteiger charge is 2.28. The van der Waals surface area contributed by atoms with E-state index in [1.165, 1.54) is 6.08 Å². The van der Waals surface area contributed by atoms with Gasteiger partial charge in [-0.05, 0) is 17.2 Å². The zero-order valence-electron chi connectivity index (χ0n) is 11.0. The van der Waals surface area contributed by atoms with Crippen LogP contribution in [0, 0.1) is 16.0 Å². The smallest absolute Gasteiger partial charge is 0.258 e. The fourth-order valence-electron chi connectivity index (χ4n) is 2.23. The van der Waals surface area contributed by atoms with Gasteiger partial charge in [0.1, 0.15) is 0 Å². The third kappa shape index (κ3) is 2.67. The minimum atomic E-state index is -0.359. The molecular formula is C17H15NO2. The Kier molecular flexibility index (Phi) is 4.11. The second-order valence-electron chi connectivity index (χ2n) is 4.40. The van der Waals surface area contributed by atoms with Crippen molar-refractivity contribution in [2.75, 3.05) is 0 Å². The fourth-order valence-corrected chi connectivity index (χ4v) is 2.23. The van der Waals surface area contributed by atoms with E-state index in [0.717, 1.165) is 11.1 Å². The molecular weight excluding hydrogens is 250 g/mol. The second-order valence-corrected chi connectivity index (χ2v) is 4.40. The Bertz CT molecular complexity index is 636. The summed E-state index contributed by atoms with van der Waals surface area (Å²) in [5.74, 6) is -0.210. The molecule has 0 heterocycles. The first-order valence-corrected chi connectivity index (χ1v) is 6.25. The summed E-state index contributed by atoms with van der Waals surface area (Å²) in [6.07, 6.45) is 8.49. The molecule has 0 fully saturated rings. The molecule has 2 rings (SSSR count). The van der Waals surface area contributed by atoms with Crippen molar-refractivity contribution in [2.24, 2.45) is 5.92 Å². The van der Waals surface area contributed by atoms with Gasteiger partial charge in [-0.25, -0.2) is 0 Å². The topological polar surface area (TPSA) is 43.1 Å². The third-order valence-electron chi connectivity index (χ3n) is 3.21. The van der Waals surface area contributed by atoms with Crippen LogP contribution in [0.1, 0.15) is 5.56 Å². The van der Waals surface area contributed by atoms with Crippen molar-refractivity contribution in [1.82, 2.24) is 0 Å². The highest BCUT2D eigenvalue weighted by atomic mass is 16.6. The molecule has 0 radical (unpaired) electrons. The maximum atomic E-state index is 11.2. The van der Waals surface area contributed by atoms with Crippen LogP contribution in [0.5, 0.6) is 0 Å². The van der Waals surface area contributed by atoms with Crippen molar-refractivity contribution >= 4 is 6.08 Å². The van der Waals surface area contributed by atoms with E-state index in [-0.39, 0.29) is 16.5 Å². The van der Waals surface area contributed by atoms with Crippen molar-refractivity contribution in [3.63, 3.8) is 0 Å². The summed E-state index contributed by atoms with van der Waals surface area (Å²) in [6.45, 7) is 7.54. The zero-order valence-corrected chi connectivity index (χ0v) is 11.0. The van der Waals surface area contributed by atoms with Gasteiger partial charge >= 0.3 is 0 Å². The van der Waals surface area contributed by atoms with Gasteiger partial charge in [0.25, 0.3) is 5.70 Å². The first-order valence-electron chi connectivity index (χ1n) is 6.25. The maximum Gasteiger partial charge on any atom is 0.273 e. The lowest BCUT2D eigenvalue weighted by molar-refractivity contribution is -0.421. The van der Waals surface area contributed by atoms with Gasteiger partial charge in [-0.1, -0.05) is 55.1 Å². The Morgan fingerprint density at radius 1 is 1.15 bits per heavy atom. The monoisotopic (exact) mass is 265 g/mol. The molecule has 0 N–H and O–H groups in total. The molecule has 1 aromatic carbocycles. The quantitative estimate of drug-likeness (QED) is 0.466. The van der Waals surface area contributed by atoms with Crippen LogP contribution in [0.4, 0.5) is 0 Å². The predicted octanol–water partition coefficient (Wildman–Crippen LogP) is 4.16. The summed E-state index contributed by atoms with van der Waals surface area (Å²) in [5, 5.41) is 11.2. The average Bonchev–Trinajstić information content (AvgIpc) is 2.47. The summed E-state index contributed by atoms with van der Waals surface area (Å²) in [6, 6.07) is 9.54. The molecule has 20 heavy (non-hydrogen) atoms. The molecule has 3 nitrogen and oxygen atoms in total. The summed E-state index contributed by atoms with van der Waals surface area (Å²) in [5.41, 5.74) is 2.57. The Morgan fingerprint density at radius 2 is 1.85 bits per heavy atom. The molecule has 100 valence electrons. The number of benzene rings is 1. The van der Waals surface area contributed by atoms with Gasteiger partial charge in [0.05, 0.1) is 4.92 Å². The van der Waals surface area contributed by atoms with Gasteiger partial charge in [-0.2, -0.15) is 0 Å². The van der Waals surface area contributed by atoms with Crippen LogP contribution in [-0.4, -0.2) is 4.92 Å². The Morgan fingerprint density at radius 3 is 2.40 bits per heavy atom. The summed E-state index contributed by atoms with van der Waals surface area (Å²) < 4.78 is 0. The number of nitrogens with zero attached hydrogens (tertiary/aromatic N) is 1. The van der Waals surface area contributed by atoms with Gasteiger partial charge < -0.3 is 0 Å². The predicted molar refractivity (Wildman–Crippen MR) is 81.5 cm³/mol. The molecule has 0 spiro atoms. The number of nitro groups is 1. The van der Waals surface area contributed by atoms with E-state index in [1.54, 1.807) is 18.2 Å². The Balaban J connectivity index is 2.56. The number of hydrogen-bond donors (Lipinski definition) is 0. The fraction of sp³-hybridized carbons (Fsp3) is 0.0588. The van der Waals surface area contributed by atoms with Crippen LogP contribution in [0.3, 0.4) is 0 Å². The number of rotatable bonds is 4. The summed E-state index contributed by atoms with van der Waals surface area (Å²) >= 11 is 0. The Hall–Kier alpha value is -2.68. The molecule has 0 saturated carbocycles. The largest absolute Gasteiger partial charge is 0.273 e. The highest BCUT2D eigenvalue weighted by molar-refractivity contribution is 5.63. The van der Waals surface area contributed by atoms with E-state index in [4.69, 9.17) is 0 Å². The van der Waals surface area contributed by atoms with Crippen molar-refractivity contribution in [2.45, 2.75) is 0 Å². The highest BCUT2D eigenvalue weighted by Crippen LogP contribution is 2.34. The molecule has 1 atom stereocenters. The van der Waals surface area contributed by atoms with Gasteiger partial charge in [0, 0.05) is 17.6 Å². The first kappa shape index (κ1) is 13.7. The number of allylic oxidation sites excluding steroid dienone is 6. The van der Waals surface area contributed by atoms with Gasteiger partial charge in [0.2, 0.25) is 0 Å². The van der Waals surface area contributed by atoms with Gasteiger partial charge in [0.15, 0.2) is 0 Å². The van der Waals surface area contributed by atoms with E-state index in [1.807, 2.05) is 36.4 Å². The van der Waals surface area contributed by atoms with Crippen LogP contribution in [-0.2, 0) is 0 Å². The average molecular weight is 265 g/mol. The SMILES string of the molecule is C=CC1=CC=C([N+](=O)[O-])C(=Cc2ccccc2)C1C=C. The lowest BCUT2D eigenvalue weighted by Gasteiger charge is -2.19. The molecule has 0 saturated heterocycles. The van der Waals surface area contributed by atoms with Crippen molar-refractivity contribution in [3.8, 4) is 0 Å². The molecule has 1 aliphatic carbocycles. The lowest BCUT2D eigenvalue weighted by atomic mass is 9.84. The van der Waals surface area contributed by atoms with E-state index in [0.29, 0.717) is 5.57 Å². The minimum absolute atomic E-state index is 0.101.